The SMILES string of the molecule is Cc1nc(CN2CCN(C(=O)CO)CC2)no1. The molecule has 7 heteroatoms. The molecule has 1 aromatic rings. The third-order valence-electron chi connectivity index (χ3n) is 2.79. The molecule has 1 aliphatic rings. The van der Waals surface area contributed by atoms with Crippen LogP contribution in [-0.2, 0) is 11.3 Å². The van der Waals surface area contributed by atoms with Crippen molar-refractivity contribution in [3.63, 3.8) is 0 Å². The Bertz CT molecular complexity index is 385. The first kappa shape index (κ1) is 12.0. The highest BCUT2D eigenvalue weighted by Gasteiger charge is 2.21. The van der Waals surface area contributed by atoms with Gasteiger partial charge < -0.3 is 14.5 Å². The number of carbonyl (C=O) groups is 1. The summed E-state index contributed by atoms with van der Waals surface area (Å²) in [6.07, 6.45) is 0. The van der Waals surface area contributed by atoms with Crippen LogP contribution in [0.3, 0.4) is 0 Å². The second-order valence-corrected chi connectivity index (χ2v) is 4.04. The van der Waals surface area contributed by atoms with Gasteiger partial charge in [-0.3, -0.25) is 9.69 Å². The Hall–Kier alpha value is -1.47. The number of carbonyl (C=O) groups excluding carboxylic acids is 1. The molecule has 0 aliphatic carbocycles. The summed E-state index contributed by atoms with van der Waals surface area (Å²) in [5, 5.41) is 12.6. The average Bonchev–Trinajstić information content (AvgIpc) is 2.75. The minimum Gasteiger partial charge on any atom is -0.387 e. The summed E-state index contributed by atoms with van der Waals surface area (Å²) in [6.45, 7) is 4.78. The Morgan fingerprint density at radius 3 is 2.65 bits per heavy atom. The molecule has 94 valence electrons. The van der Waals surface area contributed by atoms with Crippen LogP contribution in [0.2, 0.25) is 0 Å². The van der Waals surface area contributed by atoms with Crippen LogP contribution in [0, 0.1) is 6.92 Å². The molecule has 7 nitrogen and oxygen atoms in total. The second kappa shape index (κ2) is 5.24. The van der Waals surface area contributed by atoms with E-state index in [9.17, 15) is 4.79 Å². The fraction of sp³-hybridized carbons (Fsp3) is 0.700. The largest absolute Gasteiger partial charge is 0.387 e. The van der Waals surface area contributed by atoms with Crippen molar-refractivity contribution in [2.24, 2.45) is 0 Å². The minimum atomic E-state index is -0.413. The van der Waals surface area contributed by atoms with E-state index in [1.807, 2.05) is 0 Å². The van der Waals surface area contributed by atoms with Crippen molar-refractivity contribution in [1.82, 2.24) is 19.9 Å². The Morgan fingerprint density at radius 1 is 1.41 bits per heavy atom. The van der Waals surface area contributed by atoms with Gasteiger partial charge in [-0.25, -0.2) is 0 Å². The summed E-state index contributed by atoms with van der Waals surface area (Å²) >= 11 is 0. The first-order chi connectivity index (χ1) is 8.19. The van der Waals surface area contributed by atoms with E-state index in [1.165, 1.54) is 0 Å². The number of aliphatic hydroxyl groups is 1. The first-order valence-electron chi connectivity index (χ1n) is 5.59. The zero-order valence-corrected chi connectivity index (χ0v) is 9.80. The number of aliphatic hydroxyl groups excluding tert-OH is 1. The van der Waals surface area contributed by atoms with Crippen LogP contribution in [0.25, 0.3) is 0 Å². The van der Waals surface area contributed by atoms with E-state index in [1.54, 1.807) is 11.8 Å². The van der Waals surface area contributed by atoms with Crippen LogP contribution in [0.5, 0.6) is 0 Å². The number of aromatic nitrogens is 2. The number of aryl methyl sites for hydroxylation is 1. The lowest BCUT2D eigenvalue weighted by atomic mass is 10.3. The molecule has 1 aromatic heterocycles. The predicted octanol–water partition coefficient (Wildman–Crippen LogP) is -0.985. The van der Waals surface area contributed by atoms with Crippen molar-refractivity contribution >= 4 is 5.91 Å². The molecule has 0 spiro atoms. The molecule has 0 saturated carbocycles. The van der Waals surface area contributed by atoms with Gasteiger partial charge in [0.05, 0.1) is 6.54 Å². The number of hydrogen-bond acceptors (Lipinski definition) is 6. The molecule has 1 saturated heterocycles. The van der Waals surface area contributed by atoms with Gasteiger partial charge in [-0.15, -0.1) is 0 Å². The topological polar surface area (TPSA) is 82.7 Å². The van der Waals surface area contributed by atoms with Gasteiger partial charge in [-0.05, 0) is 0 Å². The predicted molar refractivity (Wildman–Crippen MR) is 58.0 cm³/mol. The van der Waals surface area contributed by atoms with E-state index < -0.39 is 6.61 Å². The molecule has 1 aliphatic heterocycles. The molecule has 0 aromatic carbocycles. The maximum Gasteiger partial charge on any atom is 0.248 e. The number of rotatable bonds is 3. The summed E-state index contributed by atoms with van der Waals surface area (Å²) in [5.41, 5.74) is 0. The van der Waals surface area contributed by atoms with Gasteiger partial charge in [0.1, 0.15) is 6.61 Å². The molecule has 2 heterocycles. The molecule has 17 heavy (non-hydrogen) atoms. The molecule has 0 bridgehead atoms. The van der Waals surface area contributed by atoms with Crippen LogP contribution in [0.4, 0.5) is 0 Å². The maximum atomic E-state index is 11.3. The van der Waals surface area contributed by atoms with Gasteiger partial charge in [0.15, 0.2) is 5.82 Å². The molecule has 0 atom stereocenters. The molecule has 1 amide bonds. The van der Waals surface area contributed by atoms with Crippen LogP contribution in [0.1, 0.15) is 11.7 Å². The normalized spacial score (nSPS) is 17.4. The van der Waals surface area contributed by atoms with E-state index in [0.29, 0.717) is 31.3 Å². The van der Waals surface area contributed by atoms with Gasteiger partial charge in [0, 0.05) is 33.1 Å². The Labute approximate surface area is 99.0 Å². The highest BCUT2D eigenvalue weighted by Crippen LogP contribution is 2.06. The third-order valence-corrected chi connectivity index (χ3v) is 2.79. The highest BCUT2D eigenvalue weighted by molar-refractivity contribution is 5.77. The lowest BCUT2D eigenvalue weighted by Crippen LogP contribution is -2.49. The van der Waals surface area contributed by atoms with Gasteiger partial charge in [0.2, 0.25) is 11.8 Å². The summed E-state index contributed by atoms with van der Waals surface area (Å²) in [7, 11) is 0. The van der Waals surface area contributed by atoms with E-state index in [2.05, 4.69) is 15.0 Å². The number of amides is 1. The summed E-state index contributed by atoms with van der Waals surface area (Å²) < 4.78 is 4.90. The summed E-state index contributed by atoms with van der Waals surface area (Å²) in [6, 6.07) is 0. The summed E-state index contributed by atoms with van der Waals surface area (Å²) in [5.74, 6) is 1.03. The van der Waals surface area contributed by atoms with Crippen LogP contribution < -0.4 is 0 Å². The molecule has 0 unspecified atom stereocenters. The summed E-state index contributed by atoms with van der Waals surface area (Å²) in [4.78, 5) is 19.2. The van der Waals surface area contributed by atoms with Crippen molar-refractivity contribution < 1.29 is 14.4 Å². The van der Waals surface area contributed by atoms with Gasteiger partial charge in [-0.1, -0.05) is 5.16 Å². The third kappa shape index (κ3) is 3.01. The lowest BCUT2D eigenvalue weighted by Gasteiger charge is -2.33. The zero-order chi connectivity index (χ0) is 12.3. The molecule has 0 radical (unpaired) electrons. The number of piperazine rings is 1. The fourth-order valence-corrected chi connectivity index (χ4v) is 1.86. The van der Waals surface area contributed by atoms with Crippen molar-refractivity contribution in [2.45, 2.75) is 13.5 Å². The smallest absolute Gasteiger partial charge is 0.248 e. The van der Waals surface area contributed by atoms with Crippen molar-refractivity contribution in [3.05, 3.63) is 11.7 Å². The van der Waals surface area contributed by atoms with Crippen molar-refractivity contribution in [2.75, 3.05) is 32.8 Å². The van der Waals surface area contributed by atoms with Gasteiger partial charge in [0.25, 0.3) is 0 Å². The number of hydrogen-bond donors (Lipinski definition) is 1. The highest BCUT2D eigenvalue weighted by atomic mass is 16.5. The monoisotopic (exact) mass is 240 g/mol. The van der Waals surface area contributed by atoms with E-state index in [-0.39, 0.29) is 5.91 Å². The molecule has 1 N–H and O–H groups in total. The van der Waals surface area contributed by atoms with E-state index in [0.717, 1.165) is 13.1 Å². The van der Waals surface area contributed by atoms with Crippen LogP contribution >= 0.6 is 0 Å². The first-order valence-corrected chi connectivity index (χ1v) is 5.59. The minimum absolute atomic E-state index is 0.208. The van der Waals surface area contributed by atoms with Crippen molar-refractivity contribution in [3.8, 4) is 0 Å². The lowest BCUT2D eigenvalue weighted by molar-refractivity contribution is -0.136. The van der Waals surface area contributed by atoms with E-state index in [4.69, 9.17) is 9.63 Å². The standard InChI is InChI=1S/C10H16N4O3/c1-8-11-9(12-17-8)6-13-2-4-14(5-3-13)10(16)7-15/h15H,2-7H2,1H3. The average molecular weight is 240 g/mol. The quantitative estimate of drug-likeness (QED) is 0.730. The fourth-order valence-electron chi connectivity index (χ4n) is 1.86. The zero-order valence-electron chi connectivity index (χ0n) is 9.80. The van der Waals surface area contributed by atoms with E-state index >= 15 is 0 Å². The molecule has 2 rings (SSSR count). The molecule has 1 fully saturated rings. The molecular formula is C10H16N4O3. The Balaban J connectivity index is 1.81. The van der Waals surface area contributed by atoms with Crippen LogP contribution in [-0.4, -0.2) is 63.7 Å². The van der Waals surface area contributed by atoms with Gasteiger partial charge >= 0.3 is 0 Å². The maximum absolute atomic E-state index is 11.3. The van der Waals surface area contributed by atoms with Crippen LogP contribution in [0.15, 0.2) is 4.52 Å². The molecular weight excluding hydrogens is 224 g/mol. The number of nitrogens with zero attached hydrogens (tertiary/aromatic N) is 4. The Morgan fingerprint density at radius 2 is 2.12 bits per heavy atom. The Kier molecular flexibility index (Phi) is 3.70. The van der Waals surface area contributed by atoms with Crippen molar-refractivity contribution in [1.29, 1.82) is 0 Å². The second-order valence-electron chi connectivity index (χ2n) is 4.04. The van der Waals surface area contributed by atoms with Gasteiger partial charge in [-0.2, -0.15) is 4.98 Å².